The highest BCUT2D eigenvalue weighted by Gasteiger charge is 2.32. The fourth-order valence-corrected chi connectivity index (χ4v) is 4.10. The third kappa shape index (κ3) is 3.20. The van der Waals surface area contributed by atoms with Crippen LogP contribution in [0.3, 0.4) is 0 Å². The molecule has 27 heavy (non-hydrogen) atoms. The fourth-order valence-electron chi connectivity index (χ4n) is 4.10. The van der Waals surface area contributed by atoms with E-state index in [1.165, 1.54) is 17.3 Å². The number of carboxylic acids is 1. The van der Waals surface area contributed by atoms with Crippen LogP contribution in [-0.2, 0) is 12.8 Å². The zero-order chi connectivity index (χ0) is 19.2. The minimum absolute atomic E-state index is 0.0326. The van der Waals surface area contributed by atoms with Crippen molar-refractivity contribution in [2.24, 2.45) is 11.3 Å². The van der Waals surface area contributed by atoms with Gasteiger partial charge in [-0.2, -0.15) is 0 Å². The Morgan fingerprint density at radius 3 is 2.52 bits per heavy atom. The summed E-state index contributed by atoms with van der Waals surface area (Å²) in [6, 6.07) is 15.8. The Hall–Kier alpha value is -2.75. The van der Waals surface area contributed by atoms with Crippen molar-refractivity contribution in [2.75, 3.05) is 0 Å². The van der Waals surface area contributed by atoms with E-state index in [4.69, 9.17) is 4.42 Å². The Bertz CT molecular complexity index is 973. The van der Waals surface area contributed by atoms with Crippen molar-refractivity contribution in [3.63, 3.8) is 0 Å². The Morgan fingerprint density at radius 1 is 1.15 bits per heavy atom. The monoisotopic (exact) mass is 363 g/mol. The summed E-state index contributed by atoms with van der Waals surface area (Å²) in [7, 11) is 0. The lowest BCUT2D eigenvalue weighted by atomic mass is 9.72. The average Bonchev–Trinajstić information content (AvgIpc) is 3.25. The van der Waals surface area contributed by atoms with Gasteiger partial charge in [-0.25, -0.2) is 4.79 Å². The standard InChI is InChI=1S/C23H25NO3/c1-23(2,3)17-9-10-18-16(13-17)14-19(15-7-5-4-6-8-15)24(18)21-12-11-20(27-21)22(25)26/h4-8,11-12,14,17H,9-10,13H2,1-3H3,(H,25,26). The molecule has 2 aromatic heterocycles. The first-order valence-electron chi connectivity index (χ1n) is 9.47. The largest absolute Gasteiger partial charge is 0.475 e. The van der Waals surface area contributed by atoms with Crippen LogP contribution in [0.5, 0.6) is 0 Å². The molecule has 0 saturated carbocycles. The van der Waals surface area contributed by atoms with Crippen molar-refractivity contribution in [1.82, 2.24) is 4.57 Å². The number of carbonyl (C=O) groups is 1. The number of fused-ring (bicyclic) bond motifs is 1. The molecule has 1 N–H and O–H groups in total. The van der Waals surface area contributed by atoms with E-state index in [0.717, 1.165) is 30.5 Å². The van der Waals surface area contributed by atoms with Crippen LogP contribution in [0.2, 0.25) is 0 Å². The van der Waals surface area contributed by atoms with Crippen LogP contribution < -0.4 is 0 Å². The third-order valence-corrected chi connectivity index (χ3v) is 5.71. The minimum Gasteiger partial charge on any atom is -0.475 e. The molecule has 0 amide bonds. The second-order valence-corrected chi connectivity index (χ2v) is 8.45. The molecule has 4 rings (SSSR count). The second kappa shape index (κ2) is 6.45. The van der Waals surface area contributed by atoms with Gasteiger partial charge in [0.05, 0.1) is 5.69 Å². The van der Waals surface area contributed by atoms with E-state index < -0.39 is 5.97 Å². The van der Waals surface area contributed by atoms with Gasteiger partial charge in [-0.3, -0.25) is 4.57 Å². The number of carboxylic acid groups (broad SMARTS) is 1. The van der Waals surface area contributed by atoms with Crippen molar-refractivity contribution < 1.29 is 14.3 Å². The van der Waals surface area contributed by atoms with E-state index >= 15 is 0 Å². The molecule has 1 unspecified atom stereocenters. The fraction of sp³-hybridized carbons (Fsp3) is 0.348. The minimum atomic E-state index is -1.05. The first kappa shape index (κ1) is 17.7. The van der Waals surface area contributed by atoms with Gasteiger partial charge in [-0.05, 0) is 53.9 Å². The molecule has 4 nitrogen and oxygen atoms in total. The Labute approximate surface area is 159 Å². The van der Waals surface area contributed by atoms with E-state index in [1.807, 2.05) is 18.2 Å². The van der Waals surface area contributed by atoms with Gasteiger partial charge in [-0.1, -0.05) is 51.1 Å². The van der Waals surface area contributed by atoms with E-state index in [-0.39, 0.29) is 11.2 Å². The quantitative estimate of drug-likeness (QED) is 0.660. The molecule has 1 aliphatic carbocycles. The first-order valence-corrected chi connectivity index (χ1v) is 9.47. The summed E-state index contributed by atoms with van der Waals surface area (Å²) in [6.07, 6.45) is 3.13. The van der Waals surface area contributed by atoms with Gasteiger partial charge in [0.2, 0.25) is 11.6 Å². The summed E-state index contributed by atoms with van der Waals surface area (Å²) >= 11 is 0. The number of nitrogens with zero attached hydrogens (tertiary/aromatic N) is 1. The number of hydrogen-bond donors (Lipinski definition) is 1. The zero-order valence-electron chi connectivity index (χ0n) is 16.0. The zero-order valence-corrected chi connectivity index (χ0v) is 16.0. The van der Waals surface area contributed by atoms with Crippen LogP contribution in [0.25, 0.3) is 17.1 Å². The van der Waals surface area contributed by atoms with Gasteiger partial charge >= 0.3 is 5.97 Å². The molecule has 140 valence electrons. The van der Waals surface area contributed by atoms with Gasteiger partial charge in [0.15, 0.2) is 0 Å². The van der Waals surface area contributed by atoms with Crippen molar-refractivity contribution in [3.8, 4) is 17.1 Å². The molecule has 1 atom stereocenters. The van der Waals surface area contributed by atoms with Gasteiger partial charge in [-0.15, -0.1) is 0 Å². The van der Waals surface area contributed by atoms with Crippen LogP contribution in [0.4, 0.5) is 0 Å². The van der Waals surface area contributed by atoms with Crippen LogP contribution in [0, 0.1) is 11.3 Å². The third-order valence-electron chi connectivity index (χ3n) is 5.71. The topological polar surface area (TPSA) is 55.4 Å². The predicted molar refractivity (Wildman–Crippen MR) is 105 cm³/mol. The summed E-state index contributed by atoms with van der Waals surface area (Å²) in [5, 5.41) is 9.24. The van der Waals surface area contributed by atoms with Crippen LogP contribution in [0.15, 0.2) is 52.9 Å². The van der Waals surface area contributed by atoms with Gasteiger partial charge in [0.1, 0.15) is 0 Å². The van der Waals surface area contributed by atoms with E-state index in [2.05, 4.69) is 43.5 Å². The predicted octanol–water partition coefficient (Wildman–Crippen LogP) is 5.59. The normalized spacial score (nSPS) is 16.9. The van der Waals surface area contributed by atoms with Crippen molar-refractivity contribution >= 4 is 5.97 Å². The molecule has 0 saturated heterocycles. The summed E-state index contributed by atoms with van der Waals surface area (Å²) in [5.74, 6) is 0.128. The van der Waals surface area contributed by atoms with Gasteiger partial charge in [0, 0.05) is 11.8 Å². The maximum absolute atomic E-state index is 11.3. The van der Waals surface area contributed by atoms with E-state index in [1.54, 1.807) is 6.07 Å². The average molecular weight is 363 g/mol. The molecule has 3 aromatic rings. The lowest BCUT2D eigenvalue weighted by Gasteiger charge is -2.34. The van der Waals surface area contributed by atoms with Crippen LogP contribution in [-0.4, -0.2) is 15.6 Å². The molecular formula is C23H25NO3. The second-order valence-electron chi connectivity index (χ2n) is 8.45. The number of aromatic carboxylic acids is 1. The molecule has 1 aromatic carbocycles. The summed E-state index contributed by atoms with van der Waals surface area (Å²) < 4.78 is 7.78. The molecule has 0 spiro atoms. The summed E-state index contributed by atoms with van der Waals surface area (Å²) in [5.41, 5.74) is 5.01. The SMILES string of the molecule is CC(C)(C)C1CCc2c(cc(-c3ccccc3)n2-c2ccc(C(=O)O)o2)C1. The smallest absolute Gasteiger partial charge is 0.371 e. The number of benzene rings is 1. The lowest BCUT2D eigenvalue weighted by molar-refractivity contribution is 0.0662. The Morgan fingerprint density at radius 2 is 1.89 bits per heavy atom. The number of aromatic nitrogens is 1. The lowest BCUT2D eigenvalue weighted by Crippen LogP contribution is -2.27. The Kier molecular flexibility index (Phi) is 4.22. The van der Waals surface area contributed by atoms with Crippen molar-refractivity contribution in [1.29, 1.82) is 0 Å². The molecule has 4 heteroatoms. The first-order chi connectivity index (χ1) is 12.8. The number of rotatable bonds is 3. The highest BCUT2D eigenvalue weighted by molar-refractivity contribution is 5.84. The molecule has 0 aliphatic heterocycles. The maximum atomic E-state index is 11.3. The molecule has 0 fully saturated rings. The summed E-state index contributed by atoms with van der Waals surface area (Å²) in [4.78, 5) is 11.3. The van der Waals surface area contributed by atoms with Crippen molar-refractivity contribution in [3.05, 3.63) is 65.5 Å². The van der Waals surface area contributed by atoms with Gasteiger partial charge < -0.3 is 9.52 Å². The highest BCUT2D eigenvalue weighted by atomic mass is 16.4. The summed E-state index contributed by atoms with van der Waals surface area (Å²) in [6.45, 7) is 6.93. The molecule has 1 aliphatic rings. The van der Waals surface area contributed by atoms with E-state index in [0.29, 0.717) is 11.8 Å². The number of hydrogen-bond acceptors (Lipinski definition) is 2. The Balaban J connectivity index is 1.86. The molecular weight excluding hydrogens is 338 g/mol. The van der Waals surface area contributed by atoms with Crippen molar-refractivity contribution in [2.45, 2.75) is 40.0 Å². The van der Waals surface area contributed by atoms with Gasteiger partial charge in [0.25, 0.3) is 0 Å². The van der Waals surface area contributed by atoms with Crippen LogP contribution in [0.1, 0.15) is 49.0 Å². The molecule has 0 radical (unpaired) electrons. The van der Waals surface area contributed by atoms with Crippen LogP contribution >= 0.6 is 0 Å². The molecule has 0 bridgehead atoms. The van der Waals surface area contributed by atoms with E-state index in [9.17, 15) is 9.90 Å². The maximum Gasteiger partial charge on any atom is 0.371 e. The highest BCUT2D eigenvalue weighted by Crippen LogP contribution is 2.41. The number of furan rings is 1. The molecule has 2 heterocycles.